The summed E-state index contributed by atoms with van der Waals surface area (Å²) < 4.78 is 5.23. The van der Waals surface area contributed by atoms with Crippen LogP contribution in [0, 0.1) is 5.92 Å². The normalized spacial score (nSPS) is 15.5. The molecule has 0 heterocycles. The lowest BCUT2D eigenvalue weighted by Gasteiger charge is -2.35. The molecule has 3 nitrogen and oxygen atoms in total. The molecule has 1 aromatic rings. The fraction of sp³-hybridized carbons (Fsp3) is 0.600. The molecule has 1 aromatic carbocycles. The van der Waals surface area contributed by atoms with Crippen LogP contribution in [0.3, 0.4) is 0 Å². The van der Waals surface area contributed by atoms with Gasteiger partial charge in [0.05, 0.1) is 12.7 Å². The first kappa shape index (κ1) is 18.2. The van der Waals surface area contributed by atoms with E-state index in [-0.39, 0.29) is 18.3 Å². The van der Waals surface area contributed by atoms with Crippen LogP contribution in [0.1, 0.15) is 25.8 Å². The number of halogens is 1. The molecule has 0 aliphatic rings. The quantitative estimate of drug-likeness (QED) is 0.873. The molecule has 0 saturated heterocycles. The Kier molecular flexibility index (Phi) is 7.42. The molecular weight excluding hydrogens is 262 g/mol. The van der Waals surface area contributed by atoms with Gasteiger partial charge in [-0.15, -0.1) is 12.4 Å². The molecule has 0 amide bonds. The monoisotopic (exact) mass is 287 g/mol. The van der Waals surface area contributed by atoms with Crippen LogP contribution in [0.4, 0.5) is 0 Å². The van der Waals surface area contributed by atoms with Crippen molar-refractivity contribution in [1.82, 2.24) is 4.90 Å². The Morgan fingerprint density at radius 1 is 1.37 bits per heavy atom. The summed E-state index contributed by atoms with van der Waals surface area (Å²) in [5, 5.41) is 10.9. The number of nitrogens with zero attached hydrogens (tertiary/aromatic N) is 1. The summed E-state index contributed by atoms with van der Waals surface area (Å²) in [4.78, 5) is 2.10. The third kappa shape index (κ3) is 4.37. The molecule has 1 rings (SSSR count). The second-order valence-electron chi connectivity index (χ2n) is 5.17. The van der Waals surface area contributed by atoms with Crippen LogP contribution >= 0.6 is 12.4 Å². The highest BCUT2D eigenvalue weighted by Gasteiger charge is 2.34. The molecule has 0 saturated carbocycles. The van der Waals surface area contributed by atoms with Crippen molar-refractivity contribution < 1.29 is 9.84 Å². The second kappa shape index (κ2) is 7.73. The van der Waals surface area contributed by atoms with Gasteiger partial charge in [0.2, 0.25) is 0 Å². The Hall–Kier alpha value is -0.770. The van der Waals surface area contributed by atoms with E-state index in [1.54, 1.807) is 7.11 Å². The van der Waals surface area contributed by atoms with Crippen LogP contribution in [0.15, 0.2) is 24.3 Å². The van der Waals surface area contributed by atoms with E-state index in [2.05, 4.69) is 11.8 Å². The number of hydrogen-bond donors (Lipinski definition) is 1. The van der Waals surface area contributed by atoms with E-state index >= 15 is 0 Å². The predicted octanol–water partition coefficient (Wildman–Crippen LogP) is 2.91. The topological polar surface area (TPSA) is 32.7 Å². The average molecular weight is 288 g/mol. The molecule has 0 radical (unpaired) electrons. The molecule has 0 spiro atoms. The summed E-state index contributed by atoms with van der Waals surface area (Å²) in [7, 11) is 5.70. The third-order valence-corrected chi connectivity index (χ3v) is 3.56. The lowest BCUT2D eigenvalue weighted by atomic mass is 9.80. The van der Waals surface area contributed by atoms with Crippen molar-refractivity contribution in [1.29, 1.82) is 0 Å². The molecule has 1 N–H and O–H groups in total. The number of methoxy groups -OCH3 is 1. The summed E-state index contributed by atoms with van der Waals surface area (Å²) in [6.45, 7) is 4.95. The zero-order valence-electron chi connectivity index (χ0n) is 12.5. The Bertz CT molecular complexity index is 384. The largest absolute Gasteiger partial charge is 0.497 e. The van der Waals surface area contributed by atoms with Gasteiger partial charge < -0.3 is 14.7 Å². The Morgan fingerprint density at radius 2 is 2.00 bits per heavy atom. The fourth-order valence-electron chi connectivity index (χ4n) is 2.43. The molecule has 0 aliphatic heterocycles. The van der Waals surface area contributed by atoms with Crippen LogP contribution in [-0.2, 0) is 5.60 Å². The van der Waals surface area contributed by atoms with E-state index in [0.29, 0.717) is 6.42 Å². The molecule has 19 heavy (non-hydrogen) atoms. The minimum absolute atomic E-state index is 0. The van der Waals surface area contributed by atoms with Gasteiger partial charge in [0.15, 0.2) is 0 Å². The van der Waals surface area contributed by atoms with Gasteiger partial charge in [0.1, 0.15) is 5.75 Å². The highest BCUT2D eigenvalue weighted by atomic mass is 35.5. The smallest absolute Gasteiger partial charge is 0.119 e. The van der Waals surface area contributed by atoms with E-state index in [1.807, 2.05) is 45.3 Å². The summed E-state index contributed by atoms with van der Waals surface area (Å²) >= 11 is 0. The van der Waals surface area contributed by atoms with Crippen molar-refractivity contribution in [2.45, 2.75) is 25.9 Å². The second-order valence-corrected chi connectivity index (χ2v) is 5.17. The summed E-state index contributed by atoms with van der Waals surface area (Å²) in [6.07, 6.45) is 0.690. The van der Waals surface area contributed by atoms with Gasteiger partial charge >= 0.3 is 0 Å². The lowest BCUT2D eigenvalue weighted by Crippen LogP contribution is -2.38. The minimum Gasteiger partial charge on any atom is -0.497 e. The molecule has 4 heteroatoms. The summed E-state index contributed by atoms with van der Waals surface area (Å²) in [5.41, 5.74) is 0.123. The Labute approximate surface area is 123 Å². The van der Waals surface area contributed by atoms with Crippen LogP contribution in [0.5, 0.6) is 5.75 Å². The third-order valence-electron chi connectivity index (χ3n) is 3.56. The first-order valence-corrected chi connectivity index (χ1v) is 6.45. The van der Waals surface area contributed by atoms with E-state index < -0.39 is 5.60 Å². The Balaban J connectivity index is 0.00000324. The van der Waals surface area contributed by atoms with Gasteiger partial charge in [0.25, 0.3) is 0 Å². The number of hydrogen-bond acceptors (Lipinski definition) is 3. The van der Waals surface area contributed by atoms with Gasteiger partial charge in [-0.25, -0.2) is 0 Å². The van der Waals surface area contributed by atoms with Gasteiger partial charge in [-0.3, -0.25) is 0 Å². The van der Waals surface area contributed by atoms with Gasteiger partial charge in [-0.2, -0.15) is 0 Å². The predicted molar refractivity (Wildman–Crippen MR) is 82.1 cm³/mol. The van der Waals surface area contributed by atoms with Crippen LogP contribution < -0.4 is 4.74 Å². The van der Waals surface area contributed by atoms with Crippen molar-refractivity contribution in [2.75, 3.05) is 27.7 Å². The van der Waals surface area contributed by atoms with E-state index in [0.717, 1.165) is 17.9 Å². The first-order chi connectivity index (χ1) is 8.43. The molecule has 0 aliphatic carbocycles. The maximum absolute atomic E-state index is 10.9. The van der Waals surface area contributed by atoms with Crippen LogP contribution in [0.25, 0.3) is 0 Å². The SMILES string of the molecule is CC[C@](O)(c1cccc(OC)c1)[C@H](C)CN(C)C.Cl. The molecule has 0 aromatic heterocycles. The van der Waals surface area contributed by atoms with E-state index in [4.69, 9.17) is 4.74 Å². The van der Waals surface area contributed by atoms with Crippen molar-refractivity contribution in [3.63, 3.8) is 0 Å². The summed E-state index contributed by atoms with van der Waals surface area (Å²) in [5.74, 6) is 0.945. The molecule has 0 bridgehead atoms. The van der Waals surface area contributed by atoms with Crippen molar-refractivity contribution in [3.05, 3.63) is 29.8 Å². The van der Waals surface area contributed by atoms with E-state index in [1.165, 1.54) is 0 Å². The lowest BCUT2D eigenvalue weighted by molar-refractivity contribution is -0.0293. The first-order valence-electron chi connectivity index (χ1n) is 6.45. The van der Waals surface area contributed by atoms with Crippen LogP contribution in [-0.4, -0.2) is 37.8 Å². The van der Waals surface area contributed by atoms with Crippen molar-refractivity contribution >= 4 is 12.4 Å². The summed E-state index contributed by atoms with van der Waals surface area (Å²) in [6, 6.07) is 7.72. The van der Waals surface area contributed by atoms with Gasteiger partial charge in [-0.05, 0) is 38.2 Å². The molecule has 0 unspecified atom stereocenters. The van der Waals surface area contributed by atoms with Crippen LogP contribution in [0.2, 0.25) is 0 Å². The number of aliphatic hydroxyl groups is 1. The minimum atomic E-state index is -0.807. The zero-order chi connectivity index (χ0) is 13.8. The van der Waals surface area contributed by atoms with Crippen molar-refractivity contribution in [2.24, 2.45) is 5.92 Å². The molecule has 110 valence electrons. The highest BCUT2D eigenvalue weighted by Crippen LogP contribution is 2.34. The van der Waals surface area contributed by atoms with Gasteiger partial charge in [-0.1, -0.05) is 26.0 Å². The maximum atomic E-state index is 10.9. The fourth-order valence-corrected chi connectivity index (χ4v) is 2.43. The van der Waals surface area contributed by atoms with Crippen molar-refractivity contribution in [3.8, 4) is 5.75 Å². The molecule has 0 fully saturated rings. The standard InChI is InChI=1S/C15H25NO2.ClH/c1-6-15(17,12(2)11-16(3)4)13-8-7-9-14(10-13)18-5;/h7-10,12,17H,6,11H2,1-5H3;1H/t12-,15-;/m1./s1. The number of rotatable bonds is 6. The number of ether oxygens (including phenoxy) is 1. The van der Waals surface area contributed by atoms with Gasteiger partial charge in [0, 0.05) is 12.5 Å². The average Bonchev–Trinajstić information content (AvgIpc) is 2.37. The molecular formula is C15H26ClNO2. The zero-order valence-corrected chi connectivity index (χ0v) is 13.3. The van der Waals surface area contributed by atoms with E-state index in [9.17, 15) is 5.11 Å². The molecule has 2 atom stereocenters. The highest BCUT2D eigenvalue weighted by molar-refractivity contribution is 5.85. The number of benzene rings is 1. The Morgan fingerprint density at radius 3 is 2.47 bits per heavy atom. The maximum Gasteiger partial charge on any atom is 0.119 e.